The predicted octanol–water partition coefficient (Wildman–Crippen LogP) is 1.62. The number of nitrogens with zero attached hydrogens (tertiary/aromatic N) is 3. The van der Waals surface area contributed by atoms with Crippen LogP contribution in [-0.2, 0) is 4.79 Å². The van der Waals surface area contributed by atoms with E-state index in [4.69, 9.17) is 5.73 Å². The Kier molecular flexibility index (Phi) is 4.60. The molecule has 3 aromatic rings. The van der Waals surface area contributed by atoms with Crippen molar-refractivity contribution in [3.05, 3.63) is 59.9 Å². The Morgan fingerprint density at radius 1 is 1.18 bits per heavy atom. The molecule has 2 aromatic carbocycles. The first kappa shape index (κ1) is 18.2. The van der Waals surface area contributed by atoms with Crippen molar-refractivity contribution in [3.8, 4) is 5.69 Å². The summed E-state index contributed by atoms with van der Waals surface area (Å²) in [5.41, 5.74) is 9.21. The molecule has 7 nitrogen and oxygen atoms in total. The quantitative estimate of drug-likeness (QED) is 0.725. The molecule has 1 aliphatic heterocycles. The molecule has 2 atom stereocenters. The maximum absolute atomic E-state index is 13.1. The number of aromatic nitrogens is 2. The number of hydrogen-bond acceptors (Lipinski definition) is 4. The Labute approximate surface area is 163 Å². The Morgan fingerprint density at radius 2 is 1.93 bits per heavy atom. The van der Waals surface area contributed by atoms with Crippen LogP contribution in [0.4, 0.5) is 0 Å². The summed E-state index contributed by atoms with van der Waals surface area (Å²) in [5, 5.41) is 2.62. The zero-order valence-electron chi connectivity index (χ0n) is 15.9. The fourth-order valence-corrected chi connectivity index (χ4v) is 3.91. The molecule has 0 unspecified atom stereocenters. The number of likely N-dealkylation sites (N-methyl/N-ethyl adjacent to an activating group) is 1. The van der Waals surface area contributed by atoms with Crippen LogP contribution in [-0.4, -0.2) is 51.9 Å². The van der Waals surface area contributed by atoms with Gasteiger partial charge < -0.3 is 16.0 Å². The van der Waals surface area contributed by atoms with Gasteiger partial charge in [-0.25, -0.2) is 4.98 Å². The third-order valence-electron chi connectivity index (χ3n) is 5.23. The van der Waals surface area contributed by atoms with Gasteiger partial charge in [0, 0.05) is 30.9 Å². The van der Waals surface area contributed by atoms with Crippen molar-refractivity contribution in [2.24, 2.45) is 5.73 Å². The van der Waals surface area contributed by atoms with E-state index in [1.807, 2.05) is 43.3 Å². The van der Waals surface area contributed by atoms with Gasteiger partial charge in [0.05, 0.1) is 11.0 Å². The summed E-state index contributed by atoms with van der Waals surface area (Å²) in [6.45, 7) is 2.31. The van der Waals surface area contributed by atoms with E-state index in [0.717, 1.165) is 22.5 Å². The summed E-state index contributed by atoms with van der Waals surface area (Å²) in [7, 11) is 1.57. The van der Waals surface area contributed by atoms with Crippen molar-refractivity contribution < 1.29 is 9.59 Å². The number of benzene rings is 2. The molecule has 3 N–H and O–H groups in total. The SMILES string of the molecule is CNC(=O)[C@@H]1C[C@@H](N)CN1C(=O)c1ccc2c(c1)nc(C)n2-c1ccccc1. The number of amides is 2. The Morgan fingerprint density at radius 3 is 2.64 bits per heavy atom. The maximum atomic E-state index is 13.1. The molecule has 1 fully saturated rings. The van der Waals surface area contributed by atoms with Crippen LogP contribution in [0.25, 0.3) is 16.7 Å². The van der Waals surface area contributed by atoms with E-state index in [-0.39, 0.29) is 17.9 Å². The monoisotopic (exact) mass is 377 g/mol. The van der Waals surface area contributed by atoms with E-state index in [2.05, 4.69) is 14.9 Å². The summed E-state index contributed by atoms with van der Waals surface area (Å²) in [6, 6.07) is 14.7. The van der Waals surface area contributed by atoms with Crippen LogP contribution in [0.2, 0.25) is 0 Å². The van der Waals surface area contributed by atoms with Crippen LogP contribution >= 0.6 is 0 Å². The Balaban J connectivity index is 1.71. The molecule has 1 saturated heterocycles. The third kappa shape index (κ3) is 3.03. The van der Waals surface area contributed by atoms with Crippen LogP contribution < -0.4 is 11.1 Å². The van der Waals surface area contributed by atoms with Crippen LogP contribution in [0.1, 0.15) is 22.6 Å². The number of nitrogens with two attached hydrogens (primary N) is 1. The first-order chi connectivity index (χ1) is 13.5. The summed E-state index contributed by atoms with van der Waals surface area (Å²) in [4.78, 5) is 31.4. The lowest BCUT2D eigenvalue weighted by molar-refractivity contribution is -0.124. The van der Waals surface area contributed by atoms with Crippen molar-refractivity contribution in [1.82, 2.24) is 19.8 Å². The van der Waals surface area contributed by atoms with Gasteiger partial charge in [0.25, 0.3) is 5.91 Å². The molecule has 7 heteroatoms. The third-order valence-corrected chi connectivity index (χ3v) is 5.23. The van der Waals surface area contributed by atoms with Gasteiger partial charge in [-0.3, -0.25) is 14.2 Å². The number of imidazole rings is 1. The lowest BCUT2D eigenvalue weighted by Gasteiger charge is -2.23. The molecular formula is C21H23N5O2. The lowest BCUT2D eigenvalue weighted by atomic mass is 10.1. The second-order valence-electron chi connectivity index (χ2n) is 7.12. The highest BCUT2D eigenvalue weighted by atomic mass is 16.2. The maximum Gasteiger partial charge on any atom is 0.254 e. The van der Waals surface area contributed by atoms with Crippen molar-refractivity contribution in [2.75, 3.05) is 13.6 Å². The molecule has 0 spiro atoms. The minimum atomic E-state index is -0.535. The molecule has 1 aliphatic rings. The number of hydrogen-bond donors (Lipinski definition) is 2. The summed E-state index contributed by atoms with van der Waals surface area (Å²) >= 11 is 0. The number of nitrogens with one attached hydrogen (secondary N) is 1. The average Bonchev–Trinajstić information content (AvgIpc) is 3.26. The molecule has 1 aromatic heterocycles. The molecule has 0 aliphatic carbocycles. The molecular weight excluding hydrogens is 354 g/mol. The van der Waals surface area contributed by atoms with Gasteiger partial charge in [0.2, 0.25) is 5.91 Å². The van der Waals surface area contributed by atoms with Gasteiger partial charge >= 0.3 is 0 Å². The minimum Gasteiger partial charge on any atom is -0.357 e. The molecule has 2 amide bonds. The van der Waals surface area contributed by atoms with E-state index in [1.54, 1.807) is 24.1 Å². The Hall–Kier alpha value is -3.19. The van der Waals surface area contributed by atoms with Crippen molar-refractivity contribution in [3.63, 3.8) is 0 Å². The van der Waals surface area contributed by atoms with Crippen molar-refractivity contribution >= 4 is 22.8 Å². The van der Waals surface area contributed by atoms with Gasteiger partial charge in [-0.2, -0.15) is 0 Å². The number of rotatable bonds is 3. The molecule has 4 rings (SSSR count). The van der Waals surface area contributed by atoms with E-state index < -0.39 is 6.04 Å². The first-order valence-electron chi connectivity index (χ1n) is 9.32. The fraction of sp³-hybridized carbons (Fsp3) is 0.286. The van der Waals surface area contributed by atoms with Crippen LogP contribution in [0, 0.1) is 6.92 Å². The molecule has 28 heavy (non-hydrogen) atoms. The minimum absolute atomic E-state index is 0.188. The van der Waals surface area contributed by atoms with Gasteiger partial charge in [-0.15, -0.1) is 0 Å². The van der Waals surface area contributed by atoms with Crippen LogP contribution in [0.3, 0.4) is 0 Å². The molecule has 0 bridgehead atoms. The van der Waals surface area contributed by atoms with Gasteiger partial charge in [-0.05, 0) is 43.7 Å². The highest BCUT2D eigenvalue weighted by Gasteiger charge is 2.38. The highest BCUT2D eigenvalue weighted by molar-refractivity contribution is 6.00. The van der Waals surface area contributed by atoms with Gasteiger partial charge in [-0.1, -0.05) is 18.2 Å². The van der Waals surface area contributed by atoms with Crippen molar-refractivity contribution in [2.45, 2.75) is 25.4 Å². The number of carbonyl (C=O) groups excluding carboxylic acids is 2. The number of fused-ring (bicyclic) bond motifs is 1. The molecule has 144 valence electrons. The standard InChI is InChI=1S/C21H23N5O2/c1-13-24-17-10-14(8-9-18(17)26(13)16-6-4-3-5-7-16)21(28)25-12-15(22)11-19(25)20(27)23-2/h3-10,15,19H,11-12,22H2,1-2H3,(H,23,27)/t15-,19+/m1/s1. The molecule has 0 saturated carbocycles. The van der Waals surface area contributed by atoms with Gasteiger partial charge in [0.15, 0.2) is 0 Å². The fourth-order valence-electron chi connectivity index (χ4n) is 3.91. The zero-order chi connectivity index (χ0) is 19.8. The van der Waals surface area contributed by atoms with Crippen LogP contribution in [0.5, 0.6) is 0 Å². The van der Waals surface area contributed by atoms with E-state index in [0.29, 0.717) is 18.5 Å². The van der Waals surface area contributed by atoms with E-state index in [9.17, 15) is 9.59 Å². The smallest absolute Gasteiger partial charge is 0.254 e. The van der Waals surface area contributed by atoms with Gasteiger partial charge in [0.1, 0.15) is 11.9 Å². The topological polar surface area (TPSA) is 93.2 Å². The second-order valence-corrected chi connectivity index (χ2v) is 7.12. The number of likely N-dealkylation sites (tertiary alicyclic amines) is 1. The summed E-state index contributed by atoms with van der Waals surface area (Å²) < 4.78 is 2.06. The second kappa shape index (κ2) is 7.09. The summed E-state index contributed by atoms with van der Waals surface area (Å²) in [5.74, 6) is 0.458. The molecule has 0 radical (unpaired) electrons. The zero-order valence-corrected chi connectivity index (χ0v) is 15.9. The van der Waals surface area contributed by atoms with E-state index in [1.165, 1.54) is 0 Å². The van der Waals surface area contributed by atoms with Crippen molar-refractivity contribution in [1.29, 1.82) is 0 Å². The number of aryl methyl sites for hydroxylation is 1. The number of para-hydroxylation sites is 1. The normalized spacial score (nSPS) is 19.2. The lowest BCUT2D eigenvalue weighted by Crippen LogP contribution is -2.45. The average molecular weight is 377 g/mol. The van der Waals surface area contributed by atoms with E-state index >= 15 is 0 Å². The first-order valence-corrected chi connectivity index (χ1v) is 9.32. The predicted molar refractivity (Wildman–Crippen MR) is 107 cm³/mol. The Bertz CT molecular complexity index is 1040. The largest absolute Gasteiger partial charge is 0.357 e. The summed E-state index contributed by atoms with van der Waals surface area (Å²) in [6.07, 6.45) is 0.468. The molecule has 2 heterocycles. The number of carbonyl (C=O) groups is 2. The van der Waals surface area contributed by atoms with Crippen LogP contribution in [0.15, 0.2) is 48.5 Å². The highest BCUT2D eigenvalue weighted by Crippen LogP contribution is 2.25.